The number of anilines is 1. The zero-order valence-corrected chi connectivity index (χ0v) is 17.6. The fourth-order valence-electron chi connectivity index (χ4n) is 4.44. The molecule has 7 nitrogen and oxygen atoms in total. The second kappa shape index (κ2) is 8.26. The van der Waals surface area contributed by atoms with Gasteiger partial charge in [-0.15, -0.1) is 11.8 Å². The van der Waals surface area contributed by atoms with Crippen LogP contribution in [-0.2, 0) is 14.4 Å². The third-order valence-electron chi connectivity index (χ3n) is 6.14. The number of nitrogens with zero attached hydrogens (tertiary/aromatic N) is 3. The van der Waals surface area contributed by atoms with Gasteiger partial charge in [-0.2, -0.15) is 0 Å². The number of benzene rings is 1. The summed E-state index contributed by atoms with van der Waals surface area (Å²) in [7, 11) is 0. The molecule has 0 saturated carbocycles. The van der Waals surface area contributed by atoms with Gasteiger partial charge in [0.1, 0.15) is 6.04 Å². The minimum atomic E-state index is -0.412. The number of piperazine rings is 1. The molecule has 3 saturated heterocycles. The van der Waals surface area contributed by atoms with E-state index in [0.29, 0.717) is 38.2 Å². The van der Waals surface area contributed by atoms with Gasteiger partial charge in [-0.1, -0.05) is 18.2 Å². The molecule has 3 aliphatic heterocycles. The zero-order chi connectivity index (χ0) is 20.4. The maximum atomic E-state index is 12.6. The minimum Gasteiger partial charge on any atom is -0.368 e. The average Bonchev–Trinajstić information content (AvgIpc) is 3.24. The highest BCUT2D eigenvalue weighted by Crippen LogP contribution is 2.47. The van der Waals surface area contributed by atoms with Crippen LogP contribution in [-0.4, -0.2) is 76.9 Å². The van der Waals surface area contributed by atoms with E-state index in [0.717, 1.165) is 19.5 Å². The van der Waals surface area contributed by atoms with Crippen LogP contribution >= 0.6 is 11.8 Å². The van der Waals surface area contributed by atoms with Gasteiger partial charge >= 0.3 is 0 Å². The van der Waals surface area contributed by atoms with Gasteiger partial charge < -0.3 is 20.0 Å². The lowest BCUT2D eigenvalue weighted by Gasteiger charge is -2.36. The molecule has 0 aliphatic carbocycles. The van der Waals surface area contributed by atoms with Gasteiger partial charge in [-0.3, -0.25) is 14.4 Å². The molecular formula is C21H28N4O3S. The van der Waals surface area contributed by atoms with Gasteiger partial charge in [0.2, 0.25) is 17.7 Å². The Kier molecular flexibility index (Phi) is 5.72. The molecule has 0 radical (unpaired) electrons. The van der Waals surface area contributed by atoms with Crippen molar-refractivity contribution in [2.75, 3.05) is 43.4 Å². The Morgan fingerprint density at radius 2 is 1.90 bits per heavy atom. The van der Waals surface area contributed by atoms with Crippen molar-refractivity contribution >= 4 is 35.2 Å². The summed E-state index contributed by atoms with van der Waals surface area (Å²) in [4.78, 5) is 42.9. The Morgan fingerprint density at radius 3 is 2.62 bits per heavy atom. The highest BCUT2D eigenvalue weighted by molar-refractivity contribution is 8.01. The van der Waals surface area contributed by atoms with Gasteiger partial charge in [-0.05, 0) is 25.5 Å². The summed E-state index contributed by atoms with van der Waals surface area (Å²) >= 11 is 1.68. The van der Waals surface area contributed by atoms with E-state index in [2.05, 4.69) is 22.3 Å². The standard InChI is InChI=1S/C21H28N4O3S/c1-21-9-7-19(27)25(21)17(15-29-21)20(28)22-10-8-18(26)24-13-11-23(12-14-24)16-5-3-2-4-6-16/h2-6,17H,7-15H2,1H3,(H,22,28). The quantitative estimate of drug-likeness (QED) is 0.783. The van der Waals surface area contributed by atoms with E-state index in [4.69, 9.17) is 0 Å². The van der Waals surface area contributed by atoms with E-state index in [1.807, 2.05) is 30.0 Å². The van der Waals surface area contributed by atoms with E-state index in [1.54, 1.807) is 16.7 Å². The predicted molar refractivity (Wildman–Crippen MR) is 114 cm³/mol. The number of rotatable bonds is 5. The summed E-state index contributed by atoms with van der Waals surface area (Å²) in [6.07, 6.45) is 1.61. The Morgan fingerprint density at radius 1 is 1.17 bits per heavy atom. The second-order valence-electron chi connectivity index (χ2n) is 8.01. The lowest BCUT2D eigenvalue weighted by atomic mass is 10.2. The molecule has 3 amide bonds. The highest BCUT2D eigenvalue weighted by atomic mass is 32.2. The van der Waals surface area contributed by atoms with Crippen molar-refractivity contribution in [3.63, 3.8) is 0 Å². The lowest BCUT2D eigenvalue weighted by molar-refractivity contribution is -0.138. The Labute approximate surface area is 175 Å². The highest BCUT2D eigenvalue weighted by Gasteiger charge is 2.52. The van der Waals surface area contributed by atoms with Crippen molar-refractivity contribution in [3.05, 3.63) is 30.3 Å². The van der Waals surface area contributed by atoms with Crippen LogP contribution < -0.4 is 10.2 Å². The molecule has 3 fully saturated rings. The van der Waals surface area contributed by atoms with Crippen molar-refractivity contribution in [2.24, 2.45) is 0 Å². The number of para-hydroxylation sites is 1. The topological polar surface area (TPSA) is 73.0 Å². The number of hydrogen-bond acceptors (Lipinski definition) is 5. The first-order valence-electron chi connectivity index (χ1n) is 10.3. The molecule has 4 rings (SSSR count). The van der Waals surface area contributed by atoms with Crippen LogP contribution in [0.4, 0.5) is 5.69 Å². The molecule has 156 valence electrons. The van der Waals surface area contributed by atoms with Crippen LogP contribution in [0.3, 0.4) is 0 Å². The molecule has 1 aromatic rings. The molecule has 1 aromatic carbocycles. The summed E-state index contributed by atoms with van der Waals surface area (Å²) in [5.74, 6) is 0.618. The monoisotopic (exact) mass is 416 g/mol. The summed E-state index contributed by atoms with van der Waals surface area (Å²) in [5.41, 5.74) is 1.18. The first-order chi connectivity index (χ1) is 14.0. The number of fused-ring (bicyclic) bond motifs is 1. The smallest absolute Gasteiger partial charge is 0.243 e. The molecule has 2 unspecified atom stereocenters. The van der Waals surface area contributed by atoms with Gasteiger partial charge in [0, 0.05) is 57.0 Å². The SMILES string of the molecule is CC12CCC(=O)N1C(C(=O)NCCC(=O)N1CCN(c3ccccc3)CC1)CS2. The van der Waals surface area contributed by atoms with Gasteiger partial charge in [-0.25, -0.2) is 0 Å². The largest absolute Gasteiger partial charge is 0.368 e. The summed E-state index contributed by atoms with van der Waals surface area (Å²) in [6, 6.07) is 9.81. The van der Waals surface area contributed by atoms with Crippen LogP contribution in [0.5, 0.6) is 0 Å². The maximum absolute atomic E-state index is 12.6. The first kappa shape index (κ1) is 20.1. The molecule has 0 aromatic heterocycles. The number of carbonyl (C=O) groups excluding carboxylic acids is 3. The van der Waals surface area contributed by atoms with Crippen LogP contribution in [0.1, 0.15) is 26.2 Å². The Bertz CT molecular complexity index is 781. The fraction of sp³-hybridized carbons (Fsp3) is 0.571. The van der Waals surface area contributed by atoms with Gasteiger partial charge in [0.25, 0.3) is 0 Å². The van der Waals surface area contributed by atoms with Crippen molar-refractivity contribution in [3.8, 4) is 0 Å². The molecule has 8 heteroatoms. The van der Waals surface area contributed by atoms with Crippen molar-refractivity contribution in [1.29, 1.82) is 0 Å². The van der Waals surface area contributed by atoms with Crippen molar-refractivity contribution in [2.45, 2.75) is 37.1 Å². The van der Waals surface area contributed by atoms with E-state index >= 15 is 0 Å². The number of nitrogens with one attached hydrogen (secondary N) is 1. The normalized spacial score (nSPS) is 26.6. The molecule has 2 atom stereocenters. The van der Waals surface area contributed by atoms with E-state index in [9.17, 15) is 14.4 Å². The first-order valence-corrected chi connectivity index (χ1v) is 11.3. The summed E-state index contributed by atoms with van der Waals surface area (Å²) in [6.45, 7) is 5.38. The van der Waals surface area contributed by atoms with Crippen LogP contribution in [0, 0.1) is 0 Å². The molecule has 1 N–H and O–H groups in total. The molecule has 29 heavy (non-hydrogen) atoms. The van der Waals surface area contributed by atoms with Crippen LogP contribution in [0.25, 0.3) is 0 Å². The van der Waals surface area contributed by atoms with E-state index in [1.165, 1.54) is 5.69 Å². The molecule has 0 spiro atoms. The third kappa shape index (κ3) is 4.08. The molecular weight excluding hydrogens is 388 g/mol. The van der Waals surface area contributed by atoms with Crippen LogP contribution in [0.15, 0.2) is 30.3 Å². The molecule has 0 bridgehead atoms. The molecule has 3 aliphatic rings. The third-order valence-corrected chi connectivity index (χ3v) is 7.64. The fourth-order valence-corrected chi connectivity index (χ4v) is 5.87. The van der Waals surface area contributed by atoms with Gasteiger partial charge in [0.05, 0.1) is 4.87 Å². The van der Waals surface area contributed by atoms with Crippen molar-refractivity contribution in [1.82, 2.24) is 15.1 Å². The Balaban J connectivity index is 1.21. The van der Waals surface area contributed by atoms with E-state index in [-0.39, 0.29) is 22.6 Å². The lowest BCUT2D eigenvalue weighted by Crippen LogP contribution is -2.51. The maximum Gasteiger partial charge on any atom is 0.243 e. The predicted octanol–water partition coefficient (Wildman–Crippen LogP) is 1.30. The zero-order valence-electron chi connectivity index (χ0n) is 16.8. The Hall–Kier alpha value is -2.22. The second-order valence-corrected chi connectivity index (χ2v) is 9.51. The number of amides is 3. The number of thioether (sulfide) groups is 1. The van der Waals surface area contributed by atoms with Crippen LogP contribution in [0.2, 0.25) is 0 Å². The summed E-state index contributed by atoms with van der Waals surface area (Å²) < 4.78 is 0. The number of carbonyl (C=O) groups is 3. The molecule has 3 heterocycles. The average molecular weight is 417 g/mol. The number of hydrogen-bond donors (Lipinski definition) is 1. The van der Waals surface area contributed by atoms with Gasteiger partial charge in [0.15, 0.2) is 0 Å². The minimum absolute atomic E-state index is 0.0602. The summed E-state index contributed by atoms with van der Waals surface area (Å²) in [5, 5.41) is 2.88. The van der Waals surface area contributed by atoms with Crippen molar-refractivity contribution < 1.29 is 14.4 Å². The van der Waals surface area contributed by atoms with E-state index < -0.39 is 6.04 Å².